The average molecular weight is 723 g/mol. The van der Waals surface area contributed by atoms with Gasteiger partial charge in [0.25, 0.3) is 0 Å². The van der Waals surface area contributed by atoms with E-state index in [4.69, 9.17) is 10.5 Å². The zero-order valence-electron chi connectivity index (χ0n) is 28.9. The molecule has 2 amide bonds. The van der Waals surface area contributed by atoms with E-state index in [1.54, 1.807) is 25.3 Å². The van der Waals surface area contributed by atoms with Gasteiger partial charge in [-0.15, -0.1) is 0 Å². The number of nitrogens with one attached hydrogen (secondary N) is 2. The van der Waals surface area contributed by atoms with Gasteiger partial charge in [0.1, 0.15) is 12.4 Å². The summed E-state index contributed by atoms with van der Waals surface area (Å²) >= 11 is 0. The predicted molar refractivity (Wildman–Crippen MR) is 199 cm³/mol. The molecule has 4 aromatic carbocycles. The highest BCUT2D eigenvalue weighted by Crippen LogP contribution is 2.30. The minimum atomic E-state index is -4.12. The van der Waals surface area contributed by atoms with Crippen molar-refractivity contribution in [3.8, 4) is 0 Å². The number of hydrogen-bond donors (Lipinski definition) is 4. The van der Waals surface area contributed by atoms with Crippen LogP contribution in [0.15, 0.2) is 127 Å². The third kappa shape index (κ3) is 9.18. The van der Waals surface area contributed by atoms with E-state index < -0.39 is 46.6 Å². The number of alkyl carbamates (subject to hydrolysis) is 1. The number of methoxy groups -OCH3 is 1. The molecule has 0 aliphatic heterocycles. The average Bonchev–Trinajstić information content (AvgIpc) is 3.16. The molecule has 0 fully saturated rings. The molecule has 0 aliphatic rings. The van der Waals surface area contributed by atoms with Crippen molar-refractivity contribution in [1.29, 1.82) is 0 Å². The maximum atomic E-state index is 14.2. The van der Waals surface area contributed by atoms with Crippen LogP contribution in [0, 0.1) is 6.92 Å². The lowest BCUT2D eigenvalue weighted by Crippen LogP contribution is -2.48. The van der Waals surface area contributed by atoms with Gasteiger partial charge in [-0.25, -0.2) is 23.2 Å². The predicted octanol–water partition coefficient (Wildman–Crippen LogP) is 5.05. The molecule has 13 heteroatoms. The monoisotopic (exact) mass is 722 g/mol. The molecule has 1 heterocycles. The van der Waals surface area contributed by atoms with Crippen LogP contribution in [0.3, 0.4) is 0 Å². The van der Waals surface area contributed by atoms with Crippen LogP contribution < -0.4 is 16.4 Å². The van der Waals surface area contributed by atoms with Crippen LogP contribution in [-0.2, 0) is 32.5 Å². The highest BCUT2D eigenvalue weighted by molar-refractivity contribution is 7.89. The number of nitrogen functional groups attached to an aromatic ring is 1. The van der Waals surface area contributed by atoms with Crippen molar-refractivity contribution in [2.75, 3.05) is 24.8 Å². The van der Waals surface area contributed by atoms with E-state index >= 15 is 0 Å². The van der Waals surface area contributed by atoms with E-state index in [1.165, 1.54) is 42.0 Å². The Kier molecular flexibility index (Phi) is 12.7. The smallest absolute Gasteiger partial charge is 0.407 e. The maximum Gasteiger partial charge on any atom is 0.407 e. The van der Waals surface area contributed by atoms with Gasteiger partial charge in [-0.05, 0) is 66.8 Å². The van der Waals surface area contributed by atoms with Gasteiger partial charge in [-0.1, -0.05) is 78.9 Å². The zero-order chi connectivity index (χ0) is 37.1. The van der Waals surface area contributed by atoms with Gasteiger partial charge in [-0.3, -0.25) is 4.79 Å². The second-order valence-electron chi connectivity index (χ2n) is 12.2. The fourth-order valence-corrected chi connectivity index (χ4v) is 7.66. The molecule has 5 rings (SSSR count). The number of para-hydroxylation sites is 1. The topological polar surface area (TPSA) is 177 Å². The van der Waals surface area contributed by atoms with Crippen LogP contribution >= 0.6 is 0 Å². The van der Waals surface area contributed by atoms with Crippen molar-refractivity contribution in [2.24, 2.45) is 0 Å². The van der Waals surface area contributed by atoms with Crippen LogP contribution in [0.5, 0.6) is 0 Å². The lowest BCUT2D eigenvalue weighted by Gasteiger charge is -2.30. The number of carbonyl (C=O) groups is 2. The number of nitrogens with zero attached hydrogens (tertiary/aromatic N) is 3. The minimum Gasteiger partial charge on any atom is -0.453 e. The molecule has 0 saturated carbocycles. The van der Waals surface area contributed by atoms with Crippen molar-refractivity contribution in [1.82, 2.24) is 19.6 Å². The first-order valence-electron chi connectivity index (χ1n) is 16.7. The van der Waals surface area contributed by atoms with Crippen molar-refractivity contribution < 1.29 is 27.9 Å². The normalized spacial score (nSPS) is 12.6. The van der Waals surface area contributed by atoms with E-state index in [9.17, 15) is 23.1 Å². The molecular formula is C39H42N6O6S. The first-order valence-corrected chi connectivity index (χ1v) is 18.1. The SMILES string of the molecule is COC(=O)NC(C(=O)Nc1ccccc1CCC(CO)N(Cc1cncnc1C)S(=O)(=O)c1ccc(N)cc1)C(c1ccccc1)c1ccccc1. The Morgan fingerprint density at radius 1 is 0.885 bits per heavy atom. The molecule has 1 aromatic heterocycles. The number of aromatic nitrogens is 2. The highest BCUT2D eigenvalue weighted by atomic mass is 32.2. The fourth-order valence-electron chi connectivity index (χ4n) is 6.03. The molecule has 2 unspecified atom stereocenters. The Hall–Kier alpha value is -5.63. The number of carbonyl (C=O) groups excluding carboxylic acids is 2. The molecule has 0 spiro atoms. The van der Waals surface area contributed by atoms with Gasteiger partial charge in [0.15, 0.2) is 0 Å². The third-order valence-corrected chi connectivity index (χ3v) is 10.8. The Bertz CT molecular complexity index is 2010. The van der Waals surface area contributed by atoms with Crippen molar-refractivity contribution in [3.63, 3.8) is 0 Å². The molecule has 0 bridgehead atoms. The Morgan fingerprint density at radius 3 is 2.10 bits per heavy atom. The van der Waals surface area contributed by atoms with Gasteiger partial charge >= 0.3 is 6.09 Å². The van der Waals surface area contributed by atoms with Crippen molar-refractivity contribution in [2.45, 2.75) is 49.2 Å². The number of aliphatic hydroxyl groups excluding tert-OH is 1. The van der Waals surface area contributed by atoms with Crippen LogP contribution in [0.1, 0.15) is 40.3 Å². The second-order valence-corrected chi connectivity index (χ2v) is 14.1. The van der Waals surface area contributed by atoms with Crippen LogP contribution in [-0.4, -0.2) is 65.6 Å². The second kappa shape index (κ2) is 17.5. The van der Waals surface area contributed by atoms with E-state index in [2.05, 4.69) is 20.6 Å². The van der Waals surface area contributed by atoms with Gasteiger partial charge < -0.3 is 26.2 Å². The zero-order valence-corrected chi connectivity index (χ0v) is 29.7. The van der Waals surface area contributed by atoms with Crippen LogP contribution in [0.2, 0.25) is 0 Å². The van der Waals surface area contributed by atoms with Gasteiger partial charge in [0.05, 0.1) is 18.6 Å². The summed E-state index contributed by atoms with van der Waals surface area (Å²) in [4.78, 5) is 35.2. The van der Waals surface area contributed by atoms with Crippen molar-refractivity contribution in [3.05, 3.63) is 150 Å². The largest absolute Gasteiger partial charge is 0.453 e. The number of aliphatic hydroxyl groups is 1. The molecular weight excluding hydrogens is 681 g/mol. The fraction of sp³-hybridized carbons (Fsp3) is 0.231. The Morgan fingerprint density at radius 2 is 1.50 bits per heavy atom. The van der Waals surface area contributed by atoms with E-state index in [0.29, 0.717) is 28.2 Å². The number of hydrogen-bond acceptors (Lipinski definition) is 9. The molecule has 5 aromatic rings. The first kappa shape index (κ1) is 37.6. The highest BCUT2D eigenvalue weighted by Gasteiger charge is 2.34. The summed E-state index contributed by atoms with van der Waals surface area (Å²) in [5, 5.41) is 16.4. The lowest BCUT2D eigenvalue weighted by atomic mass is 9.84. The first-order chi connectivity index (χ1) is 25.1. The summed E-state index contributed by atoms with van der Waals surface area (Å²) in [5.41, 5.74) is 10.2. The van der Waals surface area contributed by atoms with E-state index in [1.807, 2.05) is 72.8 Å². The summed E-state index contributed by atoms with van der Waals surface area (Å²) < 4.78 is 34.4. The quantitative estimate of drug-likeness (QED) is 0.108. The van der Waals surface area contributed by atoms with Gasteiger partial charge in [0.2, 0.25) is 15.9 Å². The van der Waals surface area contributed by atoms with Crippen LogP contribution in [0.4, 0.5) is 16.2 Å². The minimum absolute atomic E-state index is 0.0258. The Labute approximate surface area is 303 Å². The van der Waals surface area contributed by atoms with Crippen molar-refractivity contribution >= 4 is 33.4 Å². The lowest BCUT2D eigenvalue weighted by molar-refractivity contribution is -0.118. The number of ether oxygens (including phenoxy) is 1. The Balaban J connectivity index is 1.44. The summed E-state index contributed by atoms with van der Waals surface area (Å²) in [5.74, 6) is -1.05. The summed E-state index contributed by atoms with van der Waals surface area (Å²) in [6.45, 7) is 1.21. The number of sulfonamides is 1. The maximum absolute atomic E-state index is 14.2. The van der Waals surface area contributed by atoms with Gasteiger partial charge in [-0.2, -0.15) is 4.31 Å². The number of amides is 2. The molecule has 0 aliphatic carbocycles. The van der Waals surface area contributed by atoms with E-state index in [0.717, 1.165) is 11.1 Å². The molecule has 12 nitrogen and oxygen atoms in total. The number of aryl methyl sites for hydroxylation is 2. The molecule has 52 heavy (non-hydrogen) atoms. The molecule has 0 saturated heterocycles. The standard InChI is InChI=1S/C39H42N6O6S/c1-27-31(23-41-26-42-27)24-45(52(49,50)34-21-18-32(40)19-22-34)33(25-46)20-17-28-11-9-10-16-35(28)43-38(47)37(44-39(48)51-2)36(29-12-5-3-6-13-29)30-14-7-4-8-15-30/h3-16,18-19,21-23,26,33,36-37,46H,17,20,24-25,40H2,1-2H3,(H,43,47)(H,44,48). The molecule has 5 N–H and O–H groups in total. The third-order valence-electron chi connectivity index (χ3n) is 8.86. The summed E-state index contributed by atoms with van der Waals surface area (Å²) in [6, 6.07) is 29.9. The van der Waals surface area contributed by atoms with Gasteiger partial charge in [0, 0.05) is 47.3 Å². The number of nitrogens with two attached hydrogens (primary N) is 1. The summed E-state index contributed by atoms with van der Waals surface area (Å²) in [7, 11) is -2.89. The van der Waals surface area contributed by atoms with Crippen LogP contribution in [0.25, 0.3) is 0 Å². The molecule has 0 radical (unpaired) electrons. The molecule has 2 atom stereocenters. The summed E-state index contributed by atoms with van der Waals surface area (Å²) in [6.07, 6.45) is 2.67. The number of anilines is 2. The number of benzene rings is 4. The van der Waals surface area contributed by atoms with E-state index in [-0.39, 0.29) is 24.3 Å². The number of rotatable bonds is 15. The molecule has 270 valence electrons.